The van der Waals surface area contributed by atoms with Crippen molar-refractivity contribution < 1.29 is 14.2 Å². The highest BCUT2D eigenvalue weighted by Gasteiger charge is 2.19. The highest BCUT2D eigenvalue weighted by Crippen LogP contribution is 2.26. The van der Waals surface area contributed by atoms with Crippen molar-refractivity contribution in [2.75, 3.05) is 32.6 Å². The predicted octanol–water partition coefficient (Wildman–Crippen LogP) is 2.14. The number of aromatic nitrogens is 4. The number of aryl methyl sites for hydroxylation is 1. The third-order valence-electron chi connectivity index (χ3n) is 4.92. The summed E-state index contributed by atoms with van der Waals surface area (Å²) in [5.74, 6) is 0.309. The Labute approximate surface area is 166 Å². The fraction of sp³-hybridized carbons (Fsp3) is 0.737. The van der Waals surface area contributed by atoms with Crippen LogP contribution in [-0.4, -0.2) is 58.5 Å². The Bertz CT molecular complexity index is 760. The van der Waals surface area contributed by atoms with Gasteiger partial charge in [-0.1, -0.05) is 13.3 Å². The van der Waals surface area contributed by atoms with Crippen LogP contribution in [0.15, 0.2) is 0 Å². The Morgan fingerprint density at radius 3 is 2.89 bits per heavy atom. The Morgan fingerprint density at radius 2 is 2.18 bits per heavy atom. The summed E-state index contributed by atoms with van der Waals surface area (Å²) in [6.07, 6.45) is 5.10. The third-order valence-corrected chi connectivity index (χ3v) is 4.92. The van der Waals surface area contributed by atoms with Crippen LogP contribution in [0.3, 0.4) is 0 Å². The smallest absolute Gasteiger partial charge is 0.320 e. The molecule has 1 fully saturated rings. The van der Waals surface area contributed by atoms with Crippen molar-refractivity contribution in [3.63, 3.8) is 0 Å². The minimum Gasteiger partial charge on any atom is -0.468 e. The van der Waals surface area contributed by atoms with Gasteiger partial charge in [0, 0.05) is 19.2 Å². The Balaban J connectivity index is 1.67. The van der Waals surface area contributed by atoms with E-state index in [1.807, 2.05) is 11.5 Å². The molecular weight excluding hydrogens is 360 g/mol. The summed E-state index contributed by atoms with van der Waals surface area (Å²) < 4.78 is 18.6. The van der Waals surface area contributed by atoms with Gasteiger partial charge in [-0.25, -0.2) is 0 Å². The predicted molar refractivity (Wildman–Crippen MR) is 108 cm³/mol. The molecule has 2 atom stereocenters. The van der Waals surface area contributed by atoms with Crippen LogP contribution in [-0.2, 0) is 11.3 Å². The molecule has 0 aliphatic carbocycles. The van der Waals surface area contributed by atoms with Gasteiger partial charge in [0.2, 0.25) is 0 Å². The lowest BCUT2D eigenvalue weighted by atomic mass is 10.2. The summed E-state index contributed by atoms with van der Waals surface area (Å²) in [5, 5.41) is 3.53. The molecule has 0 saturated carbocycles. The monoisotopic (exact) mass is 392 g/mol. The topological polar surface area (TPSA) is 109 Å². The van der Waals surface area contributed by atoms with Gasteiger partial charge >= 0.3 is 6.01 Å². The lowest BCUT2D eigenvalue weighted by molar-refractivity contribution is 0.190. The second-order valence-electron chi connectivity index (χ2n) is 7.25. The highest BCUT2D eigenvalue weighted by molar-refractivity contribution is 5.83. The number of nitrogens with two attached hydrogens (primary N) is 1. The molecule has 1 saturated heterocycles. The molecule has 9 heteroatoms. The maximum atomic E-state index is 6.11. The van der Waals surface area contributed by atoms with Crippen LogP contribution in [0.2, 0.25) is 0 Å². The van der Waals surface area contributed by atoms with Gasteiger partial charge in [0.1, 0.15) is 0 Å². The van der Waals surface area contributed by atoms with E-state index in [4.69, 9.17) is 19.9 Å². The number of imidazole rings is 1. The van der Waals surface area contributed by atoms with Crippen LogP contribution in [0.4, 0.5) is 5.82 Å². The summed E-state index contributed by atoms with van der Waals surface area (Å²) in [6, 6.07) is 1.27. The van der Waals surface area contributed by atoms with Crippen LogP contribution in [0, 0.1) is 0 Å². The van der Waals surface area contributed by atoms with Gasteiger partial charge < -0.3 is 25.3 Å². The molecule has 3 heterocycles. The van der Waals surface area contributed by atoms with Crippen LogP contribution in [0.1, 0.15) is 46.0 Å². The molecule has 2 aromatic rings. The molecule has 2 aromatic heterocycles. The third kappa shape index (κ3) is 5.02. The van der Waals surface area contributed by atoms with Crippen LogP contribution in [0.25, 0.3) is 11.2 Å². The number of anilines is 1. The van der Waals surface area contributed by atoms with E-state index in [1.54, 1.807) is 7.11 Å². The van der Waals surface area contributed by atoms with Crippen molar-refractivity contribution in [2.24, 2.45) is 0 Å². The molecule has 0 bridgehead atoms. The van der Waals surface area contributed by atoms with Crippen molar-refractivity contribution in [3.8, 4) is 12.0 Å². The zero-order valence-corrected chi connectivity index (χ0v) is 17.1. The standard InChI is InChI=1S/C19H32N6O3/c1-4-7-13(2)28-18-23-16(20)15-17(24-18)25(19(22-15)26-3)10-6-5-9-21-14-8-11-27-12-14/h13-14,21H,4-12H2,1-3H3,(H2,20,23,24)/t13-,14-/m0/s1. The van der Waals surface area contributed by atoms with Crippen LogP contribution < -0.4 is 20.5 Å². The zero-order valence-electron chi connectivity index (χ0n) is 17.1. The molecule has 0 spiro atoms. The van der Waals surface area contributed by atoms with E-state index in [-0.39, 0.29) is 12.1 Å². The molecule has 3 rings (SSSR count). The first kappa shape index (κ1) is 20.6. The zero-order chi connectivity index (χ0) is 19.9. The lowest BCUT2D eigenvalue weighted by Gasteiger charge is -2.13. The first-order valence-electron chi connectivity index (χ1n) is 10.2. The molecule has 0 unspecified atom stereocenters. The Kier molecular flexibility index (Phi) is 7.27. The second-order valence-corrected chi connectivity index (χ2v) is 7.25. The first-order valence-corrected chi connectivity index (χ1v) is 10.2. The number of rotatable bonds is 11. The van der Waals surface area contributed by atoms with Crippen molar-refractivity contribution in [3.05, 3.63) is 0 Å². The van der Waals surface area contributed by atoms with Crippen LogP contribution in [0.5, 0.6) is 12.0 Å². The molecule has 0 amide bonds. The minimum absolute atomic E-state index is 0.0331. The number of nitrogen functional groups attached to an aromatic ring is 1. The fourth-order valence-corrected chi connectivity index (χ4v) is 3.43. The molecule has 1 aliphatic heterocycles. The number of nitrogens with one attached hydrogen (secondary N) is 1. The van der Waals surface area contributed by atoms with E-state index in [1.165, 1.54) is 0 Å². The lowest BCUT2D eigenvalue weighted by Crippen LogP contribution is -2.30. The maximum absolute atomic E-state index is 6.11. The maximum Gasteiger partial charge on any atom is 0.320 e. The summed E-state index contributed by atoms with van der Waals surface area (Å²) in [6.45, 7) is 7.50. The average molecular weight is 393 g/mol. The van der Waals surface area contributed by atoms with Gasteiger partial charge in [-0.15, -0.1) is 0 Å². The number of nitrogens with zero attached hydrogens (tertiary/aromatic N) is 4. The number of hydrogen-bond donors (Lipinski definition) is 2. The van der Waals surface area contributed by atoms with E-state index in [2.05, 4.69) is 27.2 Å². The number of unbranched alkanes of at least 4 members (excludes halogenated alkanes) is 1. The van der Waals surface area contributed by atoms with E-state index in [9.17, 15) is 0 Å². The van der Waals surface area contributed by atoms with E-state index in [0.717, 1.165) is 58.4 Å². The summed E-state index contributed by atoms with van der Waals surface area (Å²) in [7, 11) is 1.60. The Morgan fingerprint density at radius 1 is 1.32 bits per heavy atom. The van der Waals surface area contributed by atoms with Crippen molar-refractivity contribution in [1.29, 1.82) is 0 Å². The summed E-state index contributed by atoms with van der Waals surface area (Å²) >= 11 is 0. The minimum atomic E-state index is 0.0331. The molecule has 3 N–H and O–H groups in total. The largest absolute Gasteiger partial charge is 0.468 e. The summed E-state index contributed by atoms with van der Waals surface area (Å²) in [5.41, 5.74) is 7.31. The molecule has 9 nitrogen and oxygen atoms in total. The summed E-state index contributed by atoms with van der Waals surface area (Å²) in [4.78, 5) is 13.3. The molecule has 1 aliphatic rings. The SMILES string of the molecule is CCC[C@H](C)Oc1nc(N)c2nc(OC)n(CCCCN[C@H]3CCOC3)c2n1. The van der Waals surface area contributed by atoms with Gasteiger partial charge in [0.15, 0.2) is 17.0 Å². The first-order chi connectivity index (χ1) is 13.6. The normalized spacial score (nSPS) is 17.9. The number of methoxy groups -OCH3 is 1. The van der Waals surface area contributed by atoms with Crippen molar-refractivity contribution >= 4 is 17.0 Å². The highest BCUT2D eigenvalue weighted by atomic mass is 16.5. The molecule has 28 heavy (non-hydrogen) atoms. The molecule has 156 valence electrons. The van der Waals surface area contributed by atoms with Gasteiger partial charge in [-0.3, -0.25) is 4.57 Å². The van der Waals surface area contributed by atoms with E-state index in [0.29, 0.717) is 29.0 Å². The quantitative estimate of drug-likeness (QED) is 0.560. The van der Waals surface area contributed by atoms with Gasteiger partial charge in [0.25, 0.3) is 6.01 Å². The van der Waals surface area contributed by atoms with Crippen molar-refractivity contribution in [1.82, 2.24) is 24.8 Å². The molecular formula is C19H32N6O3. The van der Waals surface area contributed by atoms with Crippen molar-refractivity contribution in [2.45, 2.75) is 64.6 Å². The van der Waals surface area contributed by atoms with Crippen LogP contribution >= 0.6 is 0 Å². The Hall–Kier alpha value is -2.13. The number of ether oxygens (including phenoxy) is 3. The van der Waals surface area contributed by atoms with E-state index < -0.39 is 0 Å². The van der Waals surface area contributed by atoms with E-state index >= 15 is 0 Å². The van der Waals surface area contributed by atoms with Gasteiger partial charge in [-0.05, 0) is 39.2 Å². The molecule has 0 aromatic carbocycles. The van der Waals surface area contributed by atoms with Gasteiger partial charge in [-0.2, -0.15) is 15.0 Å². The van der Waals surface area contributed by atoms with Gasteiger partial charge in [0.05, 0.1) is 19.8 Å². The second kappa shape index (κ2) is 9.88. The molecule has 0 radical (unpaired) electrons. The average Bonchev–Trinajstić information content (AvgIpc) is 3.30. The number of hydrogen-bond acceptors (Lipinski definition) is 8. The fourth-order valence-electron chi connectivity index (χ4n) is 3.43. The number of fused-ring (bicyclic) bond motifs is 1.